The zero-order valence-electron chi connectivity index (χ0n) is 18.6. The van der Waals surface area contributed by atoms with E-state index in [9.17, 15) is 30.4 Å². The van der Waals surface area contributed by atoms with Gasteiger partial charge in [0.2, 0.25) is 10.0 Å². The fraction of sp³-hybridized carbons (Fsp3) is 0.571. The molecule has 0 radical (unpaired) electrons. The van der Waals surface area contributed by atoms with Gasteiger partial charge in [-0.15, -0.1) is 0 Å². The molecule has 0 aliphatic carbocycles. The van der Waals surface area contributed by atoms with Crippen molar-refractivity contribution in [2.24, 2.45) is 7.05 Å². The first-order chi connectivity index (χ1) is 15.8. The van der Waals surface area contributed by atoms with Crippen LogP contribution < -0.4 is 4.74 Å². The number of aryl methyl sites for hydroxylation is 1. The van der Waals surface area contributed by atoms with E-state index in [1.807, 2.05) is 0 Å². The molecule has 13 heteroatoms. The molecule has 0 atom stereocenters. The molecule has 0 spiro atoms. The van der Waals surface area contributed by atoms with E-state index in [0.717, 1.165) is 17.0 Å². The fourth-order valence-electron chi connectivity index (χ4n) is 4.36. The Labute approximate surface area is 194 Å². The molecule has 2 aromatic rings. The number of halogens is 5. The Hall–Kier alpha value is -2.25. The van der Waals surface area contributed by atoms with E-state index in [4.69, 9.17) is 4.74 Å². The quantitative estimate of drug-likeness (QED) is 0.561. The summed E-state index contributed by atoms with van der Waals surface area (Å²) in [5.74, 6) is -2.31. The van der Waals surface area contributed by atoms with Crippen molar-refractivity contribution in [2.45, 2.75) is 37.6 Å². The molecular weight excluding hydrogens is 483 g/mol. The zero-order valence-corrected chi connectivity index (χ0v) is 19.5. The molecule has 2 aliphatic rings. The molecular formula is C21H25F5N4O3S. The molecule has 3 heterocycles. The highest BCUT2D eigenvalue weighted by atomic mass is 32.2. The monoisotopic (exact) mass is 508 g/mol. The first kappa shape index (κ1) is 24.9. The number of hydrogen-bond donors (Lipinski definition) is 0. The second-order valence-electron chi connectivity index (χ2n) is 8.83. The standard InChI is InChI=1S/C21H25F5N4O3S/c1-28-15(9-19(27-28)21(24,25)26)10-29-11-16(12-29)33-20-17(22)7-14(8-18(20)23)13-3-5-30(6-4-13)34(2,31)32/h7-9,13,16H,3-6,10-12H2,1-2H3. The Balaban J connectivity index is 1.33. The molecule has 1 aromatic carbocycles. The molecule has 0 amide bonds. The summed E-state index contributed by atoms with van der Waals surface area (Å²) in [5, 5.41) is 3.47. The number of aromatic nitrogens is 2. The van der Waals surface area contributed by atoms with Gasteiger partial charge >= 0.3 is 6.18 Å². The summed E-state index contributed by atoms with van der Waals surface area (Å²) in [4.78, 5) is 1.79. The van der Waals surface area contributed by atoms with Gasteiger partial charge in [0.05, 0.1) is 11.9 Å². The van der Waals surface area contributed by atoms with Crippen molar-refractivity contribution in [3.63, 3.8) is 0 Å². The van der Waals surface area contributed by atoms with E-state index in [0.29, 0.717) is 50.3 Å². The predicted octanol–water partition coefficient (Wildman–Crippen LogP) is 3.12. The minimum Gasteiger partial charge on any atom is -0.482 e. The van der Waals surface area contributed by atoms with Gasteiger partial charge in [-0.05, 0) is 42.5 Å². The van der Waals surface area contributed by atoms with Crippen LogP contribution in [0.25, 0.3) is 0 Å². The van der Waals surface area contributed by atoms with E-state index in [1.165, 1.54) is 23.5 Å². The number of alkyl halides is 3. The Kier molecular flexibility index (Phi) is 6.64. The SMILES string of the molecule is Cn1nc(C(F)(F)F)cc1CN1CC(Oc2c(F)cc(C3CCN(S(C)(=O)=O)CC3)cc2F)C1. The minimum absolute atomic E-state index is 0.157. The zero-order chi connectivity index (χ0) is 24.8. The first-order valence-corrected chi connectivity index (χ1v) is 12.6. The Morgan fingerprint density at radius 2 is 1.68 bits per heavy atom. The van der Waals surface area contributed by atoms with Crippen LogP contribution in [0.4, 0.5) is 22.0 Å². The molecule has 4 rings (SSSR count). The van der Waals surface area contributed by atoms with Gasteiger partial charge in [-0.1, -0.05) is 0 Å². The molecule has 1 aromatic heterocycles. The van der Waals surface area contributed by atoms with E-state index in [2.05, 4.69) is 5.10 Å². The molecule has 7 nitrogen and oxygen atoms in total. The molecule has 2 aliphatic heterocycles. The second kappa shape index (κ2) is 9.08. The molecule has 0 N–H and O–H groups in total. The van der Waals surface area contributed by atoms with Gasteiger partial charge in [0.15, 0.2) is 23.1 Å². The third-order valence-electron chi connectivity index (χ3n) is 6.28. The maximum atomic E-state index is 14.7. The molecule has 2 saturated heterocycles. The number of sulfonamides is 1. The van der Waals surface area contributed by atoms with Crippen LogP contribution in [-0.2, 0) is 29.8 Å². The number of nitrogens with zero attached hydrogens (tertiary/aromatic N) is 4. The van der Waals surface area contributed by atoms with Crippen molar-refractivity contribution in [1.29, 1.82) is 0 Å². The number of piperidine rings is 1. The normalized spacial score (nSPS) is 19.4. The second-order valence-corrected chi connectivity index (χ2v) is 10.8. The van der Waals surface area contributed by atoms with Crippen molar-refractivity contribution in [2.75, 3.05) is 32.4 Å². The summed E-state index contributed by atoms with van der Waals surface area (Å²) in [6, 6.07) is 3.43. The van der Waals surface area contributed by atoms with Gasteiger partial charge < -0.3 is 4.74 Å². The van der Waals surface area contributed by atoms with Crippen LogP contribution in [0, 0.1) is 11.6 Å². The van der Waals surface area contributed by atoms with Gasteiger partial charge in [0.1, 0.15) is 6.10 Å². The van der Waals surface area contributed by atoms with Crippen molar-refractivity contribution in [1.82, 2.24) is 19.0 Å². The van der Waals surface area contributed by atoms with Gasteiger partial charge in [0.25, 0.3) is 0 Å². The lowest BCUT2D eigenvalue weighted by Gasteiger charge is -2.39. The first-order valence-electron chi connectivity index (χ1n) is 10.7. The number of ether oxygens (including phenoxy) is 1. The van der Waals surface area contributed by atoms with Gasteiger partial charge in [-0.2, -0.15) is 18.3 Å². The van der Waals surface area contributed by atoms with Crippen LogP contribution in [0.5, 0.6) is 5.75 Å². The third-order valence-corrected chi connectivity index (χ3v) is 7.58. The van der Waals surface area contributed by atoms with Crippen LogP contribution in [-0.4, -0.2) is 65.9 Å². The minimum atomic E-state index is -4.53. The van der Waals surface area contributed by atoms with Crippen molar-refractivity contribution in [3.05, 3.63) is 46.8 Å². The largest absolute Gasteiger partial charge is 0.482 e. The number of hydrogen-bond acceptors (Lipinski definition) is 5. The fourth-order valence-corrected chi connectivity index (χ4v) is 5.24. The molecule has 0 bridgehead atoms. The number of benzene rings is 1. The highest BCUT2D eigenvalue weighted by molar-refractivity contribution is 7.88. The summed E-state index contributed by atoms with van der Waals surface area (Å²) >= 11 is 0. The molecule has 2 fully saturated rings. The van der Waals surface area contributed by atoms with E-state index < -0.39 is 45.4 Å². The lowest BCUT2D eigenvalue weighted by Crippen LogP contribution is -2.53. The molecule has 0 saturated carbocycles. The smallest absolute Gasteiger partial charge is 0.435 e. The lowest BCUT2D eigenvalue weighted by atomic mass is 9.90. The average Bonchev–Trinajstić information content (AvgIpc) is 3.08. The van der Waals surface area contributed by atoms with Crippen LogP contribution >= 0.6 is 0 Å². The lowest BCUT2D eigenvalue weighted by molar-refractivity contribution is -0.141. The topological polar surface area (TPSA) is 67.7 Å². The van der Waals surface area contributed by atoms with E-state index in [-0.39, 0.29) is 12.5 Å². The maximum absolute atomic E-state index is 14.7. The summed E-state index contributed by atoms with van der Waals surface area (Å²) in [7, 11) is -1.86. The third kappa shape index (κ3) is 5.36. The van der Waals surface area contributed by atoms with Crippen molar-refractivity contribution in [3.8, 4) is 5.75 Å². The maximum Gasteiger partial charge on any atom is 0.435 e. The van der Waals surface area contributed by atoms with Crippen LogP contribution in [0.1, 0.15) is 35.7 Å². The highest BCUT2D eigenvalue weighted by Gasteiger charge is 2.36. The van der Waals surface area contributed by atoms with Crippen LogP contribution in [0.2, 0.25) is 0 Å². The Morgan fingerprint density at radius 1 is 1.09 bits per heavy atom. The van der Waals surface area contributed by atoms with Crippen molar-refractivity contribution < 1.29 is 35.1 Å². The average molecular weight is 509 g/mol. The van der Waals surface area contributed by atoms with Gasteiger partial charge in [0, 0.05) is 39.8 Å². The van der Waals surface area contributed by atoms with Gasteiger partial charge in [-0.3, -0.25) is 9.58 Å². The number of likely N-dealkylation sites (tertiary alicyclic amines) is 1. The Bertz CT molecular complexity index is 1130. The summed E-state index contributed by atoms with van der Waals surface area (Å²) in [6.07, 6.45) is -2.95. The Morgan fingerprint density at radius 3 is 2.18 bits per heavy atom. The van der Waals surface area contributed by atoms with Crippen molar-refractivity contribution >= 4 is 10.0 Å². The summed E-state index contributed by atoms with van der Waals surface area (Å²) in [5.41, 5.74) is -0.138. The number of rotatable bonds is 6. The van der Waals surface area contributed by atoms with Crippen LogP contribution in [0.15, 0.2) is 18.2 Å². The predicted molar refractivity (Wildman–Crippen MR) is 113 cm³/mol. The molecule has 0 unspecified atom stereocenters. The summed E-state index contributed by atoms with van der Waals surface area (Å²) < 4.78 is 99.0. The highest BCUT2D eigenvalue weighted by Crippen LogP contribution is 2.34. The van der Waals surface area contributed by atoms with Crippen LogP contribution in [0.3, 0.4) is 0 Å². The summed E-state index contributed by atoms with van der Waals surface area (Å²) in [6.45, 7) is 1.40. The van der Waals surface area contributed by atoms with Gasteiger partial charge in [-0.25, -0.2) is 21.5 Å². The molecule has 34 heavy (non-hydrogen) atoms. The van der Waals surface area contributed by atoms with E-state index >= 15 is 0 Å². The molecule has 188 valence electrons. The van der Waals surface area contributed by atoms with E-state index in [1.54, 1.807) is 4.90 Å².